The average Bonchev–Trinajstić information content (AvgIpc) is 2.48. The molecule has 1 N–H and O–H groups in total. The summed E-state index contributed by atoms with van der Waals surface area (Å²) < 4.78 is 0. The van der Waals surface area contributed by atoms with Gasteiger partial charge in [-0.25, -0.2) is 0 Å². The lowest BCUT2D eigenvalue weighted by Crippen LogP contribution is -2.64. The van der Waals surface area contributed by atoms with Crippen LogP contribution in [0.3, 0.4) is 0 Å². The van der Waals surface area contributed by atoms with Crippen molar-refractivity contribution in [3.8, 4) is 0 Å². The minimum atomic E-state index is 0.319. The van der Waals surface area contributed by atoms with E-state index in [9.17, 15) is 4.79 Å². The molecule has 0 aromatic heterocycles. The summed E-state index contributed by atoms with van der Waals surface area (Å²) in [5, 5.41) is 3.49. The summed E-state index contributed by atoms with van der Waals surface area (Å²) in [7, 11) is 4.25. The first kappa shape index (κ1) is 15.3. The molecule has 3 aliphatic heterocycles. The van der Waals surface area contributed by atoms with Crippen LogP contribution in [0.15, 0.2) is 0 Å². The highest BCUT2D eigenvalue weighted by molar-refractivity contribution is 5.76. The molecule has 1 atom stereocenters. The van der Waals surface area contributed by atoms with Crippen molar-refractivity contribution in [2.24, 2.45) is 5.92 Å². The molecule has 120 valence electrons. The molecule has 5 nitrogen and oxygen atoms in total. The molecule has 0 saturated carbocycles. The molecule has 3 heterocycles. The molecule has 1 amide bonds. The van der Waals surface area contributed by atoms with Crippen molar-refractivity contribution >= 4 is 5.91 Å². The van der Waals surface area contributed by atoms with Crippen LogP contribution in [-0.4, -0.2) is 86.1 Å². The predicted molar refractivity (Wildman–Crippen MR) is 84.3 cm³/mol. The molecular formula is C16H30N4O. The number of likely N-dealkylation sites (N-methyl/N-ethyl adjacent to an activating group) is 1. The van der Waals surface area contributed by atoms with E-state index in [2.05, 4.69) is 22.2 Å². The molecular weight excluding hydrogens is 264 g/mol. The van der Waals surface area contributed by atoms with Gasteiger partial charge in [0.15, 0.2) is 0 Å². The lowest BCUT2D eigenvalue weighted by Gasteiger charge is -2.52. The molecule has 0 aromatic carbocycles. The minimum absolute atomic E-state index is 0.319. The van der Waals surface area contributed by atoms with Gasteiger partial charge < -0.3 is 10.2 Å². The Bertz CT molecular complexity index is 380. The maximum absolute atomic E-state index is 11.6. The summed E-state index contributed by atoms with van der Waals surface area (Å²) in [6, 6.07) is 0. The molecule has 0 aromatic rings. The quantitative estimate of drug-likeness (QED) is 0.791. The number of carbonyl (C=O) groups excluding carboxylic acids is 1. The summed E-state index contributed by atoms with van der Waals surface area (Å²) in [6.07, 6.45) is 4.35. The lowest BCUT2D eigenvalue weighted by molar-refractivity contribution is -0.133. The summed E-state index contributed by atoms with van der Waals surface area (Å²) in [6.45, 7) is 7.98. The Labute approximate surface area is 128 Å². The van der Waals surface area contributed by atoms with Crippen molar-refractivity contribution in [3.05, 3.63) is 0 Å². The highest BCUT2D eigenvalue weighted by Crippen LogP contribution is 2.30. The Balaban J connectivity index is 1.58. The molecule has 1 spiro atoms. The van der Waals surface area contributed by atoms with Crippen molar-refractivity contribution in [1.82, 2.24) is 20.0 Å². The number of carbonyl (C=O) groups is 1. The van der Waals surface area contributed by atoms with Crippen molar-refractivity contribution < 1.29 is 4.79 Å². The van der Waals surface area contributed by atoms with Crippen LogP contribution in [-0.2, 0) is 4.79 Å². The van der Waals surface area contributed by atoms with Crippen LogP contribution in [0.2, 0.25) is 0 Å². The Hall–Kier alpha value is -0.650. The Kier molecular flexibility index (Phi) is 4.52. The minimum Gasteiger partial charge on any atom is -0.345 e. The van der Waals surface area contributed by atoms with Crippen molar-refractivity contribution in [3.63, 3.8) is 0 Å². The van der Waals surface area contributed by atoms with Crippen LogP contribution in [0.1, 0.15) is 25.7 Å². The smallest absolute Gasteiger partial charge is 0.222 e. The third-order valence-corrected chi connectivity index (χ3v) is 5.85. The fourth-order valence-corrected chi connectivity index (χ4v) is 4.35. The molecule has 3 saturated heterocycles. The topological polar surface area (TPSA) is 38.8 Å². The zero-order chi connectivity index (χ0) is 14.9. The van der Waals surface area contributed by atoms with Crippen LogP contribution < -0.4 is 5.32 Å². The molecule has 0 bridgehead atoms. The molecule has 3 rings (SSSR count). The van der Waals surface area contributed by atoms with Gasteiger partial charge in [-0.15, -0.1) is 0 Å². The number of likely N-dealkylation sites (tertiary alicyclic amines) is 1. The predicted octanol–water partition coefficient (Wildman–Crippen LogP) is 0.224. The highest BCUT2D eigenvalue weighted by atomic mass is 16.2. The van der Waals surface area contributed by atoms with Crippen LogP contribution in [0.5, 0.6) is 0 Å². The van der Waals surface area contributed by atoms with Crippen LogP contribution in [0.25, 0.3) is 0 Å². The third-order valence-electron chi connectivity index (χ3n) is 5.85. The van der Waals surface area contributed by atoms with Gasteiger partial charge >= 0.3 is 0 Å². The van der Waals surface area contributed by atoms with Crippen LogP contribution in [0.4, 0.5) is 0 Å². The first-order valence-corrected chi connectivity index (χ1v) is 8.47. The van der Waals surface area contributed by atoms with Gasteiger partial charge in [0, 0.05) is 51.7 Å². The van der Waals surface area contributed by atoms with Gasteiger partial charge in [0.1, 0.15) is 0 Å². The van der Waals surface area contributed by atoms with E-state index < -0.39 is 0 Å². The summed E-state index contributed by atoms with van der Waals surface area (Å²) in [4.78, 5) is 18.8. The highest BCUT2D eigenvalue weighted by Gasteiger charge is 2.41. The molecule has 3 aliphatic rings. The molecule has 21 heavy (non-hydrogen) atoms. The van der Waals surface area contributed by atoms with Gasteiger partial charge in [-0.2, -0.15) is 0 Å². The SMILES string of the molecule is CN1CC(CN2CCN(C)C3(CCNCC3)C2)CCC1=O. The van der Waals surface area contributed by atoms with Gasteiger partial charge in [0.05, 0.1) is 0 Å². The molecule has 3 fully saturated rings. The molecule has 0 aliphatic carbocycles. The lowest BCUT2D eigenvalue weighted by atomic mass is 9.84. The first-order valence-electron chi connectivity index (χ1n) is 8.47. The van der Waals surface area contributed by atoms with E-state index >= 15 is 0 Å². The van der Waals surface area contributed by atoms with Gasteiger partial charge in [0.25, 0.3) is 0 Å². The summed E-state index contributed by atoms with van der Waals surface area (Å²) >= 11 is 0. The number of hydrogen-bond donors (Lipinski definition) is 1. The van der Waals surface area contributed by atoms with E-state index in [0.717, 1.165) is 32.5 Å². The average molecular weight is 294 g/mol. The Morgan fingerprint density at radius 1 is 1.24 bits per heavy atom. The number of nitrogens with zero attached hydrogens (tertiary/aromatic N) is 3. The van der Waals surface area contributed by atoms with Gasteiger partial charge in [-0.1, -0.05) is 0 Å². The van der Waals surface area contributed by atoms with E-state index in [1.54, 1.807) is 0 Å². The molecule has 0 radical (unpaired) electrons. The number of piperidine rings is 2. The zero-order valence-electron chi connectivity index (χ0n) is 13.6. The van der Waals surface area contributed by atoms with Crippen molar-refractivity contribution in [2.75, 3.05) is 59.9 Å². The second-order valence-electron chi connectivity index (χ2n) is 7.31. The number of amides is 1. The third kappa shape index (κ3) is 3.25. The number of rotatable bonds is 2. The Morgan fingerprint density at radius 2 is 2.00 bits per heavy atom. The van der Waals surface area contributed by atoms with Crippen LogP contribution in [0, 0.1) is 5.92 Å². The van der Waals surface area contributed by atoms with E-state index in [1.165, 1.54) is 39.0 Å². The van der Waals surface area contributed by atoms with E-state index in [4.69, 9.17) is 0 Å². The number of hydrogen-bond acceptors (Lipinski definition) is 4. The van der Waals surface area contributed by atoms with E-state index in [1.807, 2.05) is 11.9 Å². The largest absolute Gasteiger partial charge is 0.345 e. The first-order chi connectivity index (χ1) is 10.1. The summed E-state index contributed by atoms with van der Waals surface area (Å²) in [5.41, 5.74) is 0.389. The van der Waals surface area contributed by atoms with Crippen molar-refractivity contribution in [1.29, 1.82) is 0 Å². The normalized spacial score (nSPS) is 31.8. The second kappa shape index (κ2) is 6.23. The Morgan fingerprint density at radius 3 is 2.71 bits per heavy atom. The fraction of sp³-hybridized carbons (Fsp3) is 0.938. The summed E-state index contributed by atoms with van der Waals surface area (Å²) in [5.74, 6) is 0.981. The number of nitrogens with one attached hydrogen (secondary N) is 1. The fourth-order valence-electron chi connectivity index (χ4n) is 4.35. The molecule has 5 heteroatoms. The van der Waals surface area contributed by atoms with Gasteiger partial charge in [0.2, 0.25) is 5.91 Å². The van der Waals surface area contributed by atoms with E-state index in [-0.39, 0.29) is 0 Å². The maximum Gasteiger partial charge on any atom is 0.222 e. The van der Waals surface area contributed by atoms with Crippen LogP contribution >= 0.6 is 0 Å². The second-order valence-corrected chi connectivity index (χ2v) is 7.31. The monoisotopic (exact) mass is 294 g/mol. The van der Waals surface area contributed by atoms with Gasteiger partial charge in [-0.3, -0.25) is 14.6 Å². The standard InChI is InChI=1S/C16H30N4O/c1-18-11-14(3-4-15(18)21)12-20-10-9-19(2)16(13-20)5-7-17-8-6-16/h14,17H,3-13H2,1-2H3. The number of piperazine rings is 1. The molecule has 1 unspecified atom stereocenters. The van der Waals surface area contributed by atoms with Gasteiger partial charge in [-0.05, 0) is 45.3 Å². The maximum atomic E-state index is 11.6. The van der Waals surface area contributed by atoms with Crippen molar-refractivity contribution in [2.45, 2.75) is 31.2 Å². The van der Waals surface area contributed by atoms with E-state index in [0.29, 0.717) is 17.4 Å². The zero-order valence-corrected chi connectivity index (χ0v) is 13.6.